The predicted molar refractivity (Wildman–Crippen MR) is 113 cm³/mol. The minimum Gasteiger partial charge on any atom is -0.322 e. The summed E-state index contributed by atoms with van der Waals surface area (Å²) in [5.41, 5.74) is 3.48. The highest BCUT2D eigenvalue weighted by molar-refractivity contribution is 6.40. The van der Waals surface area contributed by atoms with E-state index in [1.54, 1.807) is 6.07 Å². The third kappa shape index (κ3) is 4.89. The maximum absolute atomic E-state index is 12.5. The van der Waals surface area contributed by atoms with Crippen molar-refractivity contribution in [3.8, 4) is 0 Å². The van der Waals surface area contributed by atoms with Crippen molar-refractivity contribution in [2.75, 3.05) is 11.9 Å². The van der Waals surface area contributed by atoms with Crippen LogP contribution in [0.15, 0.2) is 72.8 Å². The number of nitrogens with one attached hydrogen (secondary N) is 2. The molecular weight excluding hydrogens is 379 g/mol. The number of rotatable bonds is 6. The molecule has 2 N–H and O–H groups in total. The number of aryl methyl sites for hydroxylation is 1. The lowest BCUT2D eigenvalue weighted by Gasteiger charge is -2.20. The Kier molecular flexibility index (Phi) is 6.51. The topological polar surface area (TPSA) is 41.1 Å². The van der Waals surface area contributed by atoms with E-state index in [9.17, 15) is 4.79 Å². The van der Waals surface area contributed by atoms with Gasteiger partial charge < -0.3 is 5.32 Å². The fraction of sp³-hybridized carbons (Fsp3) is 0.136. The normalized spacial score (nSPS) is 10.8. The number of benzene rings is 3. The summed E-state index contributed by atoms with van der Waals surface area (Å²) in [6.45, 7) is 1.99. The Hall–Kier alpha value is -2.33. The third-order valence-corrected chi connectivity index (χ3v) is 5.08. The molecular formula is C22H20Cl2N2O. The van der Waals surface area contributed by atoms with Gasteiger partial charge in [0.15, 0.2) is 0 Å². The average Bonchev–Trinajstić information content (AvgIpc) is 2.70. The Bertz CT molecular complexity index is 875. The van der Waals surface area contributed by atoms with E-state index in [2.05, 4.69) is 10.6 Å². The van der Waals surface area contributed by atoms with Crippen LogP contribution in [-0.2, 0) is 4.79 Å². The molecule has 0 aliphatic rings. The second-order valence-electron chi connectivity index (χ2n) is 6.24. The van der Waals surface area contributed by atoms with Gasteiger partial charge in [0.1, 0.15) is 0 Å². The molecule has 3 aromatic rings. The molecule has 0 heterocycles. The molecule has 0 aliphatic heterocycles. The number of halogens is 2. The summed E-state index contributed by atoms with van der Waals surface area (Å²) in [4.78, 5) is 12.5. The standard InChI is InChI=1S/C22H20Cl2N2O/c1-15-12-13-18(23)22(20(15)24)26-19(27)14-25-21(16-8-4-2-5-9-16)17-10-6-3-7-11-17/h2-13,21,25H,14H2,1H3,(H,26,27). The van der Waals surface area contributed by atoms with Crippen LogP contribution in [0.4, 0.5) is 5.69 Å². The molecule has 3 rings (SSSR count). The lowest BCUT2D eigenvalue weighted by atomic mass is 9.99. The number of hydrogen-bond acceptors (Lipinski definition) is 2. The van der Waals surface area contributed by atoms with Crippen LogP contribution in [0.3, 0.4) is 0 Å². The summed E-state index contributed by atoms with van der Waals surface area (Å²) >= 11 is 12.5. The Morgan fingerprint density at radius 1 is 0.889 bits per heavy atom. The molecule has 138 valence electrons. The molecule has 0 saturated carbocycles. The van der Waals surface area contributed by atoms with Crippen LogP contribution in [-0.4, -0.2) is 12.5 Å². The van der Waals surface area contributed by atoms with Crippen LogP contribution in [0.1, 0.15) is 22.7 Å². The van der Waals surface area contributed by atoms with E-state index in [-0.39, 0.29) is 18.5 Å². The van der Waals surface area contributed by atoms with Gasteiger partial charge in [0, 0.05) is 0 Å². The highest BCUT2D eigenvalue weighted by Gasteiger charge is 2.16. The molecule has 3 nitrogen and oxygen atoms in total. The van der Waals surface area contributed by atoms with Gasteiger partial charge >= 0.3 is 0 Å². The number of anilines is 1. The summed E-state index contributed by atoms with van der Waals surface area (Å²) in [6, 6.07) is 23.5. The van der Waals surface area contributed by atoms with Gasteiger partial charge in [-0.1, -0.05) is 89.9 Å². The van der Waals surface area contributed by atoms with E-state index >= 15 is 0 Å². The first-order chi connectivity index (χ1) is 13.1. The van der Waals surface area contributed by atoms with Gasteiger partial charge in [-0.3, -0.25) is 10.1 Å². The molecule has 5 heteroatoms. The average molecular weight is 399 g/mol. The molecule has 0 spiro atoms. The molecule has 27 heavy (non-hydrogen) atoms. The fourth-order valence-electron chi connectivity index (χ4n) is 2.87. The second kappa shape index (κ2) is 9.05. The van der Waals surface area contributed by atoms with E-state index in [0.717, 1.165) is 16.7 Å². The zero-order valence-electron chi connectivity index (χ0n) is 14.9. The number of carbonyl (C=O) groups is 1. The summed E-state index contributed by atoms with van der Waals surface area (Å²) in [5.74, 6) is -0.207. The van der Waals surface area contributed by atoms with Gasteiger partial charge in [-0.05, 0) is 29.7 Å². The monoisotopic (exact) mass is 398 g/mol. The van der Waals surface area contributed by atoms with E-state index in [1.165, 1.54) is 0 Å². The largest absolute Gasteiger partial charge is 0.322 e. The highest BCUT2D eigenvalue weighted by Crippen LogP contribution is 2.32. The van der Waals surface area contributed by atoms with Crippen LogP contribution in [0.25, 0.3) is 0 Å². The zero-order valence-corrected chi connectivity index (χ0v) is 16.4. The smallest absolute Gasteiger partial charge is 0.238 e. The van der Waals surface area contributed by atoms with Crippen molar-refractivity contribution in [3.63, 3.8) is 0 Å². The Morgan fingerprint density at radius 3 is 2.00 bits per heavy atom. The van der Waals surface area contributed by atoms with Crippen molar-refractivity contribution in [1.29, 1.82) is 0 Å². The first kappa shape index (κ1) is 19.4. The molecule has 0 saturated heterocycles. The SMILES string of the molecule is Cc1ccc(Cl)c(NC(=O)CNC(c2ccccc2)c2ccccc2)c1Cl. The van der Waals surface area contributed by atoms with Gasteiger partial charge in [-0.25, -0.2) is 0 Å². The van der Waals surface area contributed by atoms with Gasteiger partial charge in [-0.15, -0.1) is 0 Å². The molecule has 3 aromatic carbocycles. The number of hydrogen-bond donors (Lipinski definition) is 2. The predicted octanol–water partition coefficient (Wildman–Crippen LogP) is 5.62. The van der Waals surface area contributed by atoms with Crippen LogP contribution in [0, 0.1) is 6.92 Å². The maximum atomic E-state index is 12.5. The molecule has 0 bridgehead atoms. The molecule has 0 aliphatic carbocycles. The van der Waals surface area contributed by atoms with Crippen molar-refractivity contribution in [3.05, 3.63) is 99.5 Å². The Balaban J connectivity index is 1.74. The highest BCUT2D eigenvalue weighted by atomic mass is 35.5. The fourth-order valence-corrected chi connectivity index (χ4v) is 3.33. The Labute approximate surface area is 169 Å². The van der Waals surface area contributed by atoms with Crippen LogP contribution < -0.4 is 10.6 Å². The van der Waals surface area contributed by atoms with Crippen molar-refractivity contribution >= 4 is 34.8 Å². The van der Waals surface area contributed by atoms with E-state index < -0.39 is 0 Å². The van der Waals surface area contributed by atoms with Crippen LogP contribution in [0.2, 0.25) is 10.0 Å². The summed E-state index contributed by atoms with van der Waals surface area (Å²) in [6.07, 6.45) is 0. The summed E-state index contributed by atoms with van der Waals surface area (Å²) in [5, 5.41) is 7.02. The van der Waals surface area contributed by atoms with Crippen molar-refractivity contribution in [2.45, 2.75) is 13.0 Å². The van der Waals surface area contributed by atoms with Crippen LogP contribution >= 0.6 is 23.2 Å². The Morgan fingerprint density at radius 2 is 1.44 bits per heavy atom. The van der Waals surface area contributed by atoms with Crippen molar-refractivity contribution < 1.29 is 4.79 Å². The van der Waals surface area contributed by atoms with Gasteiger partial charge in [-0.2, -0.15) is 0 Å². The van der Waals surface area contributed by atoms with Gasteiger partial charge in [0.25, 0.3) is 0 Å². The first-order valence-electron chi connectivity index (χ1n) is 8.64. The lowest BCUT2D eigenvalue weighted by molar-refractivity contribution is -0.115. The van der Waals surface area contributed by atoms with Gasteiger partial charge in [0.2, 0.25) is 5.91 Å². The molecule has 0 unspecified atom stereocenters. The summed E-state index contributed by atoms with van der Waals surface area (Å²) in [7, 11) is 0. The molecule has 0 aromatic heterocycles. The van der Waals surface area contributed by atoms with Crippen LogP contribution in [0.5, 0.6) is 0 Å². The maximum Gasteiger partial charge on any atom is 0.238 e. The minimum atomic E-state index is -0.207. The van der Waals surface area contributed by atoms with Gasteiger partial charge in [0.05, 0.1) is 28.3 Å². The number of amides is 1. The first-order valence-corrected chi connectivity index (χ1v) is 9.39. The lowest BCUT2D eigenvalue weighted by Crippen LogP contribution is -2.32. The molecule has 1 amide bonds. The van der Waals surface area contributed by atoms with E-state index in [0.29, 0.717) is 15.7 Å². The zero-order chi connectivity index (χ0) is 19.2. The number of carbonyl (C=O) groups excluding carboxylic acids is 1. The van der Waals surface area contributed by atoms with E-state index in [1.807, 2.05) is 73.7 Å². The third-order valence-electron chi connectivity index (χ3n) is 4.28. The second-order valence-corrected chi connectivity index (χ2v) is 7.02. The summed E-state index contributed by atoms with van der Waals surface area (Å²) < 4.78 is 0. The molecule has 0 radical (unpaired) electrons. The quantitative estimate of drug-likeness (QED) is 0.565. The van der Waals surface area contributed by atoms with Crippen molar-refractivity contribution in [2.24, 2.45) is 0 Å². The molecule has 0 fully saturated rings. The molecule has 0 atom stereocenters. The minimum absolute atomic E-state index is 0.0957. The van der Waals surface area contributed by atoms with Crippen molar-refractivity contribution in [1.82, 2.24) is 5.32 Å². The van der Waals surface area contributed by atoms with E-state index in [4.69, 9.17) is 23.2 Å².